The second-order valence-corrected chi connectivity index (χ2v) is 15.0. The second kappa shape index (κ2) is 7.73. The van der Waals surface area contributed by atoms with Gasteiger partial charge in [0.05, 0.1) is 16.3 Å². The van der Waals surface area contributed by atoms with Crippen molar-refractivity contribution in [3.8, 4) is 0 Å². The smallest absolute Gasteiger partial charge is 0.357 e. The van der Waals surface area contributed by atoms with Gasteiger partial charge in [0.2, 0.25) is 5.91 Å². The van der Waals surface area contributed by atoms with Gasteiger partial charge in [-0.2, -0.15) is 0 Å². The van der Waals surface area contributed by atoms with E-state index in [1.807, 2.05) is 13.2 Å². The van der Waals surface area contributed by atoms with Gasteiger partial charge in [0, 0.05) is 0 Å². The summed E-state index contributed by atoms with van der Waals surface area (Å²) in [4.78, 5) is 26.8. The number of hydrogen-bond donors (Lipinski definition) is 0. The van der Waals surface area contributed by atoms with Crippen molar-refractivity contribution < 1.29 is 18.8 Å². The number of carbonyl (C=O) groups is 2. The van der Waals surface area contributed by atoms with Crippen molar-refractivity contribution in [1.29, 1.82) is 0 Å². The zero-order valence-corrected chi connectivity index (χ0v) is 19.3. The first-order valence-electron chi connectivity index (χ1n) is 8.70. The SMILES string of the molecule is C=CCOC(=O)C1=C(SC)S[C@@H]2[C@@H]([C@@H](C)O[Si](C)(C)C(C)(C)C)C(=O)N12. The molecule has 1 saturated heterocycles. The Morgan fingerprint density at radius 3 is 2.58 bits per heavy atom. The summed E-state index contributed by atoms with van der Waals surface area (Å²) in [6, 6.07) is 0. The molecule has 2 aliphatic rings. The van der Waals surface area contributed by atoms with E-state index >= 15 is 0 Å². The number of nitrogens with zero attached hydrogens (tertiary/aromatic N) is 1. The van der Waals surface area contributed by atoms with Gasteiger partial charge < -0.3 is 9.16 Å². The number of esters is 1. The zero-order valence-electron chi connectivity index (χ0n) is 16.6. The van der Waals surface area contributed by atoms with Crippen molar-refractivity contribution in [2.75, 3.05) is 12.9 Å². The molecular formula is C18H29NO4S2Si. The Balaban J connectivity index is 2.14. The maximum atomic E-state index is 12.8. The summed E-state index contributed by atoms with van der Waals surface area (Å²) in [5, 5.41) is -0.00480. The molecule has 0 aliphatic carbocycles. The third-order valence-electron chi connectivity index (χ3n) is 5.25. The second-order valence-electron chi connectivity index (χ2n) is 8.05. The van der Waals surface area contributed by atoms with Gasteiger partial charge in [0.15, 0.2) is 14.0 Å². The molecule has 0 saturated carbocycles. The van der Waals surface area contributed by atoms with E-state index in [-0.39, 0.29) is 34.9 Å². The van der Waals surface area contributed by atoms with Crippen molar-refractivity contribution in [3.05, 3.63) is 22.6 Å². The van der Waals surface area contributed by atoms with Crippen molar-refractivity contribution in [2.24, 2.45) is 5.92 Å². The van der Waals surface area contributed by atoms with Gasteiger partial charge in [-0.15, -0.1) is 11.8 Å². The molecular weight excluding hydrogens is 386 g/mol. The Morgan fingerprint density at radius 2 is 2.08 bits per heavy atom. The molecule has 0 spiro atoms. The number of thioether (sulfide) groups is 2. The molecule has 3 atom stereocenters. The Morgan fingerprint density at radius 1 is 1.46 bits per heavy atom. The Labute approximate surface area is 166 Å². The van der Waals surface area contributed by atoms with E-state index in [0.29, 0.717) is 5.70 Å². The molecule has 2 rings (SSSR count). The largest absolute Gasteiger partial charge is 0.457 e. The fourth-order valence-electron chi connectivity index (χ4n) is 2.79. The monoisotopic (exact) mass is 415 g/mol. The highest BCUT2D eigenvalue weighted by Gasteiger charge is 2.59. The molecule has 5 nitrogen and oxygen atoms in total. The van der Waals surface area contributed by atoms with Gasteiger partial charge in [-0.3, -0.25) is 9.69 Å². The van der Waals surface area contributed by atoms with Gasteiger partial charge >= 0.3 is 5.97 Å². The topological polar surface area (TPSA) is 55.8 Å². The molecule has 0 aromatic rings. The number of ether oxygens (including phenoxy) is 1. The third-order valence-corrected chi connectivity index (χ3v) is 12.3. The highest BCUT2D eigenvalue weighted by molar-refractivity contribution is 8.22. The van der Waals surface area contributed by atoms with E-state index in [4.69, 9.17) is 9.16 Å². The van der Waals surface area contributed by atoms with Crippen molar-refractivity contribution in [3.63, 3.8) is 0 Å². The van der Waals surface area contributed by atoms with E-state index in [2.05, 4.69) is 40.4 Å². The fourth-order valence-corrected chi connectivity index (χ4v) is 6.59. The van der Waals surface area contributed by atoms with Crippen LogP contribution in [0.4, 0.5) is 0 Å². The molecule has 0 aromatic heterocycles. The summed E-state index contributed by atoms with van der Waals surface area (Å²) in [7, 11) is -1.97. The zero-order chi connectivity index (χ0) is 19.9. The maximum absolute atomic E-state index is 12.8. The number of β-lactam (4-membered cyclic amide) rings is 1. The van der Waals surface area contributed by atoms with Crippen LogP contribution in [0.1, 0.15) is 27.7 Å². The minimum absolute atomic E-state index is 0.0525. The van der Waals surface area contributed by atoms with E-state index in [0.717, 1.165) is 4.24 Å². The van der Waals surface area contributed by atoms with Crippen LogP contribution in [-0.4, -0.2) is 49.4 Å². The number of rotatable bonds is 7. The van der Waals surface area contributed by atoms with Crippen molar-refractivity contribution in [2.45, 2.75) is 57.3 Å². The summed E-state index contributed by atoms with van der Waals surface area (Å²) < 4.78 is 12.4. The highest BCUT2D eigenvalue weighted by Crippen LogP contribution is 2.54. The average molecular weight is 416 g/mol. The predicted molar refractivity (Wildman–Crippen MR) is 111 cm³/mol. The van der Waals surface area contributed by atoms with E-state index < -0.39 is 14.3 Å². The lowest BCUT2D eigenvalue weighted by molar-refractivity contribution is -0.157. The predicted octanol–water partition coefficient (Wildman–Crippen LogP) is 4.19. The van der Waals surface area contributed by atoms with Crippen LogP contribution >= 0.6 is 23.5 Å². The molecule has 26 heavy (non-hydrogen) atoms. The van der Waals surface area contributed by atoms with Gasteiger partial charge in [0.1, 0.15) is 12.0 Å². The first-order valence-corrected chi connectivity index (χ1v) is 13.7. The summed E-state index contributed by atoms with van der Waals surface area (Å²) >= 11 is 3.03. The van der Waals surface area contributed by atoms with E-state index in [1.165, 1.54) is 17.8 Å². The van der Waals surface area contributed by atoms with Crippen molar-refractivity contribution in [1.82, 2.24) is 4.90 Å². The minimum atomic E-state index is -1.97. The Kier molecular flexibility index (Phi) is 6.42. The van der Waals surface area contributed by atoms with Crippen LogP contribution in [-0.2, 0) is 18.8 Å². The first-order chi connectivity index (χ1) is 12.0. The van der Waals surface area contributed by atoms with Crippen LogP contribution in [0.15, 0.2) is 22.6 Å². The molecule has 0 bridgehead atoms. The number of amides is 1. The summed E-state index contributed by atoms with van der Waals surface area (Å²) in [6.45, 7) is 16.6. The normalized spacial score (nSPS) is 24.3. The van der Waals surface area contributed by atoms with Crippen LogP contribution in [0, 0.1) is 5.92 Å². The Hall–Kier alpha value is -0.703. The fraction of sp³-hybridized carbons (Fsp3) is 0.667. The lowest BCUT2D eigenvalue weighted by Gasteiger charge is -2.48. The van der Waals surface area contributed by atoms with Crippen LogP contribution in [0.2, 0.25) is 18.1 Å². The molecule has 0 unspecified atom stereocenters. The Bertz CT molecular complexity index is 642. The molecule has 1 amide bonds. The molecule has 8 heteroatoms. The van der Waals surface area contributed by atoms with Gasteiger partial charge in [-0.1, -0.05) is 45.2 Å². The standard InChI is InChI=1S/C18H29NO4S2Si/c1-9-10-22-16(21)13-17(24-6)25-15-12(14(20)19(13)15)11(2)23-26(7,8)18(3,4)5/h9,11-12,15H,1,10H2,2-8H3/t11-,12+,15-/m1/s1. The van der Waals surface area contributed by atoms with Crippen LogP contribution < -0.4 is 0 Å². The third kappa shape index (κ3) is 3.79. The lowest BCUT2D eigenvalue weighted by Crippen LogP contribution is -2.62. The van der Waals surface area contributed by atoms with E-state index in [1.54, 1.807) is 16.7 Å². The highest BCUT2D eigenvalue weighted by atomic mass is 32.2. The number of fused-ring (bicyclic) bond motifs is 1. The van der Waals surface area contributed by atoms with Gasteiger partial charge in [-0.05, 0) is 31.3 Å². The minimum Gasteiger partial charge on any atom is -0.457 e. The molecule has 0 N–H and O–H groups in total. The molecule has 2 aliphatic heterocycles. The van der Waals surface area contributed by atoms with E-state index in [9.17, 15) is 9.59 Å². The molecule has 0 aromatic carbocycles. The number of carbonyl (C=O) groups excluding carboxylic acids is 2. The molecule has 2 heterocycles. The van der Waals surface area contributed by atoms with Crippen LogP contribution in [0.5, 0.6) is 0 Å². The molecule has 0 radical (unpaired) electrons. The van der Waals surface area contributed by atoms with Gasteiger partial charge in [-0.25, -0.2) is 4.79 Å². The van der Waals surface area contributed by atoms with Gasteiger partial charge in [0.25, 0.3) is 0 Å². The quantitative estimate of drug-likeness (QED) is 0.269. The average Bonchev–Trinajstić information content (AvgIpc) is 2.85. The molecule has 146 valence electrons. The lowest BCUT2D eigenvalue weighted by atomic mass is 9.92. The maximum Gasteiger partial charge on any atom is 0.357 e. The molecule has 1 fully saturated rings. The first kappa shape index (κ1) is 21.6. The summed E-state index contributed by atoms with van der Waals surface area (Å²) in [5.74, 6) is -0.752. The van der Waals surface area contributed by atoms with Crippen LogP contribution in [0.3, 0.4) is 0 Å². The van der Waals surface area contributed by atoms with Crippen LogP contribution in [0.25, 0.3) is 0 Å². The summed E-state index contributed by atoms with van der Waals surface area (Å²) in [5.41, 5.74) is 0.370. The van der Waals surface area contributed by atoms with Crippen molar-refractivity contribution >= 4 is 43.7 Å². The summed E-state index contributed by atoms with van der Waals surface area (Å²) in [6.07, 6.45) is 3.25. The number of hydrogen-bond acceptors (Lipinski definition) is 6.